The third-order valence-corrected chi connectivity index (χ3v) is 2.98. The molecule has 2 nitrogen and oxygen atoms in total. The lowest BCUT2D eigenvalue weighted by Crippen LogP contribution is -2.28. The van der Waals surface area contributed by atoms with Crippen molar-refractivity contribution in [1.29, 1.82) is 0 Å². The fourth-order valence-electron chi connectivity index (χ4n) is 1.66. The minimum atomic E-state index is -0.214. The summed E-state index contributed by atoms with van der Waals surface area (Å²) in [6.07, 6.45) is 3.85. The van der Waals surface area contributed by atoms with Gasteiger partial charge in [-0.3, -0.25) is 4.79 Å². The van der Waals surface area contributed by atoms with Gasteiger partial charge in [0, 0.05) is 5.92 Å². The molecule has 0 spiro atoms. The lowest BCUT2D eigenvalue weighted by Gasteiger charge is -2.22. The molecule has 74 valence electrons. The van der Waals surface area contributed by atoms with E-state index in [1.54, 1.807) is 6.92 Å². The fraction of sp³-hybridized carbons (Fsp3) is 0.727. The van der Waals surface area contributed by atoms with Gasteiger partial charge in [0.25, 0.3) is 0 Å². The second-order valence-corrected chi connectivity index (χ2v) is 4.11. The van der Waals surface area contributed by atoms with Crippen molar-refractivity contribution in [2.24, 2.45) is 5.92 Å². The van der Waals surface area contributed by atoms with Crippen molar-refractivity contribution in [2.45, 2.75) is 45.3 Å². The number of ether oxygens (including phenoxy) is 1. The van der Waals surface area contributed by atoms with Crippen LogP contribution in [0.15, 0.2) is 12.7 Å². The zero-order valence-electron chi connectivity index (χ0n) is 8.67. The Morgan fingerprint density at radius 1 is 1.77 bits per heavy atom. The van der Waals surface area contributed by atoms with Crippen molar-refractivity contribution in [3.63, 3.8) is 0 Å². The maximum atomic E-state index is 11.1. The van der Waals surface area contributed by atoms with Gasteiger partial charge in [-0.15, -0.1) is 6.58 Å². The van der Waals surface area contributed by atoms with E-state index in [2.05, 4.69) is 6.58 Å². The number of carbonyl (C=O) groups excluding carboxylic acids is 1. The van der Waals surface area contributed by atoms with Crippen molar-refractivity contribution >= 4 is 5.78 Å². The average molecular weight is 182 g/mol. The normalized spacial score (nSPS) is 35.8. The van der Waals surface area contributed by atoms with E-state index >= 15 is 0 Å². The summed E-state index contributed by atoms with van der Waals surface area (Å²) < 4.78 is 5.78. The average Bonchev–Trinajstić information content (AvgIpc) is 2.47. The first-order valence-corrected chi connectivity index (χ1v) is 4.80. The molecule has 0 N–H and O–H groups in total. The maximum Gasteiger partial charge on any atom is 0.135 e. The van der Waals surface area contributed by atoms with Crippen LogP contribution in [0.5, 0.6) is 0 Å². The molecule has 1 aliphatic rings. The Kier molecular flexibility index (Phi) is 2.91. The zero-order chi connectivity index (χ0) is 10.1. The Morgan fingerprint density at radius 2 is 2.38 bits per heavy atom. The number of Topliss-reactive ketones (excluding diaryl/α,β-unsaturated/α-hetero) is 1. The minimum absolute atomic E-state index is 0.0155. The predicted octanol–water partition coefficient (Wildman–Crippen LogP) is 2.34. The van der Waals surface area contributed by atoms with E-state index in [-0.39, 0.29) is 23.4 Å². The molecule has 1 fully saturated rings. The third kappa shape index (κ3) is 2.19. The van der Waals surface area contributed by atoms with Crippen LogP contribution >= 0.6 is 0 Å². The van der Waals surface area contributed by atoms with E-state index in [9.17, 15) is 4.79 Å². The molecule has 0 saturated carbocycles. The number of carbonyl (C=O) groups is 1. The number of hydrogen-bond acceptors (Lipinski definition) is 2. The van der Waals surface area contributed by atoms with E-state index in [1.165, 1.54) is 0 Å². The monoisotopic (exact) mass is 182 g/mol. The molecular weight excluding hydrogens is 164 g/mol. The molecular formula is C11H18O2. The van der Waals surface area contributed by atoms with Crippen LogP contribution in [-0.2, 0) is 9.53 Å². The molecule has 0 aliphatic carbocycles. The van der Waals surface area contributed by atoms with Gasteiger partial charge in [0.15, 0.2) is 0 Å². The van der Waals surface area contributed by atoms with Crippen LogP contribution in [0.3, 0.4) is 0 Å². The molecule has 3 atom stereocenters. The summed E-state index contributed by atoms with van der Waals surface area (Å²) in [4.78, 5) is 11.1. The molecule has 0 amide bonds. The zero-order valence-corrected chi connectivity index (χ0v) is 8.67. The SMILES string of the molecule is C=CC1(C)CCC(C(C)C(C)=O)O1. The first-order valence-electron chi connectivity index (χ1n) is 4.80. The molecule has 2 heteroatoms. The lowest BCUT2D eigenvalue weighted by molar-refractivity contribution is -0.125. The largest absolute Gasteiger partial charge is 0.367 e. The molecule has 1 saturated heterocycles. The maximum absolute atomic E-state index is 11.1. The first kappa shape index (κ1) is 10.5. The van der Waals surface area contributed by atoms with Gasteiger partial charge in [-0.25, -0.2) is 0 Å². The van der Waals surface area contributed by atoms with E-state index in [4.69, 9.17) is 4.74 Å². The van der Waals surface area contributed by atoms with Gasteiger partial charge in [-0.1, -0.05) is 13.0 Å². The van der Waals surface area contributed by atoms with Gasteiger partial charge in [-0.05, 0) is 26.7 Å². The highest BCUT2D eigenvalue weighted by atomic mass is 16.5. The van der Waals surface area contributed by atoms with Gasteiger partial charge in [0.2, 0.25) is 0 Å². The molecule has 0 bridgehead atoms. The summed E-state index contributed by atoms with van der Waals surface area (Å²) >= 11 is 0. The summed E-state index contributed by atoms with van der Waals surface area (Å²) in [6.45, 7) is 9.32. The number of ketones is 1. The fourth-order valence-corrected chi connectivity index (χ4v) is 1.66. The van der Waals surface area contributed by atoms with Crippen LogP contribution in [0.2, 0.25) is 0 Å². The summed E-state index contributed by atoms with van der Waals surface area (Å²) in [5.74, 6) is 0.222. The van der Waals surface area contributed by atoms with E-state index in [0.29, 0.717) is 0 Å². The highest BCUT2D eigenvalue weighted by molar-refractivity contribution is 5.78. The Bertz CT molecular complexity index is 222. The second-order valence-electron chi connectivity index (χ2n) is 4.11. The quantitative estimate of drug-likeness (QED) is 0.626. The summed E-state index contributed by atoms with van der Waals surface area (Å²) in [6, 6.07) is 0. The van der Waals surface area contributed by atoms with Gasteiger partial charge in [0.1, 0.15) is 5.78 Å². The Balaban J connectivity index is 2.59. The first-order chi connectivity index (χ1) is 5.98. The second kappa shape index (κ2) is 3.62. The number of hydrogen-bond donors (Lipinski definition) is 0. The molecule has 0 aromatic carbocycles. The summed E-state index contributed by atoms with van der Waals surface area (Å²) in [7, 11) is 0. The van der Waals surface area contributed by atoms with Crippen molar-refractivity contribution < 1.29 is 9.53 Å². The van der Waals surface area contributed by atoms with Gasteiger partial charge in [0.05, 0.1) is 11.7 Å². The number of rotatable bonds is 3. The van der Waals surface area contributed by atoms with E-state index in [0.717, 1.165) is 12.8 Å². The van der Waals surface area contributed by atoms with Crippen LogP contribution < -0.4 is 0 Å². The lowest BCUT2D eigenvalue weighted by atomic mass is 9.96. The molecule has 0 aromatic heterocycles. The van der Waals surface area contributed by atoms with Crippen molar-refractivity contribution in [3.8, 4) is 0 Å². The Labute approximate surface area is 80.0 Å². The molecule has 1 heterocycles. The standard InChI is InChI=1S/C11H18O2/c1-5-11(4)7-6-10(13-11)8(2)9(3)12/h5,8,10H,1,6-7H2,2-4H3. The van der Waals surface area contributed by atoms with Crippen molar-refractivity contribution in [2.75, 3.05) is 0 Å². The van der Waals surface area contributed by atoms with Crippen molar-refractivity contribution in [1.82, 2.24) is 0 Å². The van der Waals surface area contributed by atoms with Crippen molar-refractivity contribution in [3.05, 3.63) is 12.7 Å². The Morgan fingerprint density at radius 3 is 2.77 bits per heavy atom. The summed E-state index contributed by atoms with van der Waals surface area (Å²) in [5.41, 5.74) is -0.214. The van der Waals surface area contributed by atoms with Gasteiger partial charge < -0.3 is 4.74 Å². The third-order valence-electron chi connectivity index (χ3n) is 2.98. The van der Waals surface area contributed by atoms with Crippen LogP contribution in [0.1, 0.15) is 33.6 Å². The molecule has 13 heavy (non-hydrogen) atoms. The van der Waals surface area contributed by atoms with Crippen LogP contribution in [0, 0.1) is 5.92 Å². The van der Waals surface area contributed by atoms with Gasteiger partial charge >= 0.3 is 0 Å². The molecule has 0 aromatic rings. The highest BCUT2D eigenvalue weighted by Crippen LogP contribution is 2.34. The predicted molar refractivity (Wildman–Crippen MR) is 52.6 cm³/mol. The molecule has 3 unspecified atom stereocenters. The molecule has 0 radical (unpaired) electrons. The summed E-state index contributed by atoms with van der Waals surface area (Å²) in [5, 5.41) is 0. The van der Waals surface area contributed by atoms with E-state index < -0.39 is 0 Å². The van der Waals surface area contributed by atoms with Crippen LogP contribution in [-0.4, -0.2) is 17.5 Å². The van der Waals surface area contributed by atoms with Crippen LogP contribution in [0.4, 0.5) is 0 Å². The van der Waals surface area contributed by atoms with Gasteiger partial charge in [-0.2, -0.15) is 0 Å². The van der Waals surface area contributed by atoms with Crippen LogP contribution in [0.25, 0.3) is 0 Å². The highest BCUT2D eigenvalue weighted by Gasteiger charge is 2.37. The Hall–Kier alpha value is -0.630. The minimum Gasteiger partial charge on any atom is -0.367 e. The van der Waals surface area contributed by atoms with E-state index in [1.807, 2.05) is 19.9 Å². The smallest absolute Gasteiger partial charge is 0.135 e. The molecule has 1 rings (SSSR count). The molecule has 1 aliphatic heterocycles. The topological polar surface area (TPSA) is 26.3 Å².